The van der Waals surface area contributed by atoms with Crippen LogP contribution in [0.4, 0.5) is 10.7 Å². The zero-order valence-corrected chi connectivity index (χ0v) is 16.2. The number of hydrogen-bond donors (Lipinski definition) is 2. The zero-order chi connectivity index (χ0) is 19.4. The summed E-state index contributed by atoms with van der Waals surface area (Å²) in [7, 11) is 0. The molecule has 0 atom stereocenters. The summed E-state index contributed by atoms with van der Waals surface area (Å²) in [4.78, 5) is 27.0. The monoisotopic (exact) mass is 382 g/mol. The predicted octanol–water partition coefficient (Wildman–Crippen LogP) is 3.15. The minimum Gasteiger partial charge on any atom is -0.362 e. The second-order valence-electron chi connectivity index (χ2n) is 6.78. The van der Waals surface area contributed by atoms with Crippen LogP contribution in [0.25, 0.3) is 0 Å². The van der Waals surface area contributed by atoms with Gasteiger partial charge in [-0.1, -0.05) is 6.07 Å². The second kappa shape index (κ2) is 8.23. The van der Waals surface area contributed by atoms with Gasteiger partial charge in [-0.3, -0.25) is 9.59 Å². The van der Waals surface area contributed by atoms with E-state index < -0.39 is 0 Å². The molecule has 2 N–H and O–H groups in total. The number of anilines is 2. The number of nitriles is 1. The predicted molar refractivity (Wildman–Crippen MR) is 107 cm³/mol. The third kappa shape index (κ3) is 4.29. The van der Waals surface area contributed by atoms with Gasteiger partial charge >= 0.3 is 0 Å². The van der Waals surface area contributed by atoms with Crippen molar-refractivity contribution in [2.75, 3.05) is 23.3 Å². The second-order valence-corrected chi connectivity index (χ2v) is 7.70. The normalized spacial score (nSPS) is 13.0. The summed E-state index contributed by atoms with van der Waals surface area (Å²) in [5.41, 5.74) is 3.07. The summed E-state index contributed by atoms with van der Waals surface area (Å²) < 4.78 is 0. The van der Waals surface area contributed by atoms with Gasteiger partial charge in [0, 0.05) is 23.8 Å². The van der Waals surface area contributed by atoms with Gasteiger partial charge in [-0.2, -0.15) is 5.26 Å². The van der Waals surface area contributed by atoms with E-state index in [2.05, 4.69) is 16.7 Å². The molecular formula is C20H22N4O2S. The molecule has 0 fully saturated rings. The van der Waals surface area contributed by atoms with Crippen molar-refractivity contribution in [3.63, 3.8) is 0 Å². The van der Waals surface area contributed by atoms with Crippen molar-refractivity contribution >= 4 is 33.8 Å². The molecule has 6 nitrogen and oxygen atoms in total. The van der Waals surface area contributed by atoms with E-state index in [0.717, 1.165) is 30.6 Å². The van der Waals surface area contributed by atoms with Crippen molar-refractivity contribution in [3.05, 3.63) is 46.3 Å². The molecule has 27 heavy (non-hydrogen) atoms. The van der Waals surface area contributed by atoms with Crippen LogP contribution in [-0.2, 0) is 11.2 Å². The fourth-order valence-electron chi connectivity index (χ4n) is 3.25. The lowest BCUT2D eigenvalue weighted by Crippen LogP contribution is -2.38. The highest BCUT2D eigenvalue weighted by molar-refractivity contribution is 7.14. The molecule has 0 spiro atoms. The van der Waals surface area contributed by atoms with Crippen molar-refractivity contribution in [2.45, 2.75) is 32.7 Å². The third-order valence-electron chi connectivity index (χ3n) is 4.38. The number of benzene rings is 1. The van der Waals surface area contributed by atoms with Gasteiger partial charge in [0.25, 0.3) is 5.91 Å². The molecule has 1 aliphatic heterocycles. The van der Waals surface area contributed by atoms with Crippen LogP contribution in [0.2, 0.25) is 0 Å². The molecule has 1 aromatic carbocycles. The van der Waals surface area contributed by atoms with Gasteiger partial charge in [-0.05, 0) is 55.8 Å². The van der Waals surface area contributed by atoms with E-state index in [4.69, 9.17) is 5.26 Å². The maximum atomic E-state index is 12.5. The van der Waals surface area contributed by atoms with E-state index in [0.29, 0.717) is 16.1 Å². The van der Waals surface area contributed by atoms with Gasteiger partial charge in [0.2, 0.25) is 5.91 Å². The number of amides is 2. The van der Waals surface area contributed by atoms with E-state index in [1.54, 1.807) is 11.4 Å². The quantitative estimate of drug-likeness (QED) is 0.832. The average Bonchev–Trinajstić information content (AvgIpc) is 3.07. The summed E-state index contributed by atoms with van der Waals surface area (Å²) >= 11 is 1.34. The number of nitrogens with zero attached hydrogens (tertiary/aromatic N) is 2. The first-order valence-corrected chi connectivity index (χ1v) is 9.82. The van der Waals surface area contributed by atoms with Crippen LogP contribution in [-0.4, -0.2) is 30.9 Å². The number of carbonyl (C=O) groups is 2. The standard InChI is InChI=1S/C20H22N4O2S/c1-13(2)22-19(26)16-5-3-7-17-15(16)6-4-9-24(17)12-18(25)23-20-14(11-21)8-10-27-20/h3,5,7-8,10,13H,4,6,9,12H2,1-2H3,(H,22,26)(H,23,25). The minimum atomic E-state index is -0.168. The molecule has 2 heterocycles. The Labute approximate surface area is 162 Å². The summed E-state index contributed by atoms with van der Waals surface area (Å²) in [6, 6.07) is 9.49. The lowest BCUT2D eigenvalue weighted by Gasteiger charge is -2.32. The van der Waals surface area contributed by atoms with Crippen LogP contribution in [0.1, 0.15) is 41.8 Å². The number of fused-ring (bicyclic) bond motifs is 1. The van der Waals surface area contributed by atoms with Crippen molar-refractivity contribution < 1.29 is 9.59 Å². The lowest BCUT2D eigenvalue weighted by molar-refractivity contribution is -0.115. The van der Waals surface area contributed by atoms with Crippen LogP contribution in [0.15, 0.2) is 29.6 Å². The first kappa shape index (κ1) is 18.9. The minimum absolute atomic E-state index is 0.0685. The van der Waals surface area contributed by atoms with E-state index in [9.17, 15) is 9.59 Å². The fourth-order valence-corrected chi connectivity index (χ4v) is 4.00. The molecule has 0 saturated heterocycles. The van der Waals surface area contributed by atoms with Crippen LogP contribution in [0.3, 0.4) is 0 Å². The Bertz CT molecular complexity index is 898. The molecule has 0 unspecified atom stereocenters. The molecule has 0 bridgehead atoms. The van der Waals surface area contributed by atoms with Gasteiger partial charge in [0.1, 0.15) is 11.1 Å². The summed E-state index contributed by atoms with van der Waals surface area (Å²) in [6.45, 7) is 4.81. The molecule has 0 aliphatic carbocycles. The first-order valence-electron chi connectivity index (χ1n) is 8.94. The Hall–Kier alpha value is -2.85. The largest absolute Gasteiger partial charge is 0.362 e. The summed E-state index contributed by atoms with van der Waals surface area (Å²) in [5, 5.41) is 17.2. The number of nitrogens with one attached hydrogen (secondary N) is 2. The van der Waals surface area contributed by atoms with E-state index in [1.807, 2.05) is 36.9 Å². The number of carbonyl (C=O) groups excluding carboxylic acids is 2. The molecule has 1 aromatic heterocycles. The summed E-state index contributed by atoms with van der Waals surface area (Å²) in [6.07, 6.45) is 1.70. The topological polar surface area (TPSA) is 85.2 Å². The Balaban J connectivity index is 1.77. The highest BCUT2D eigenvalue weighted by atomic mass is 32.1. The molecule has 140 valence electrons. The number of rotatable bonds is 5. The van der Waals surface area contributed by atoms with Crippen molar-refractivity contribution in [1.29, 1.82) is 5.26 Å². The molecule has 2 aromatic rings. The smallest absolute Gasteiger partial charge is 0.251 e. The molecule has 0 saturated carbocycles. The Morgan fingerprint density at radius 2 is 2.15 bits per heavy atom. The van der Waals surface area contributed by atoms with Gasteiger partial charge in [-0.15, -0.1) is 11.3 Å². The Morgan fingerprint density at radius 1 is 1.33 bits per heavy atom. The lowest BCUT2D eigenvalue weighted by atomic mass is 9.95. The molecular weight excluding hydrogens is 360 g/mol. The number of hydrogen-bond acceptors (Lipinski definition) is 5. The van der Waals surface area contributed by atoms with Crippen molar-refractivity contribution in [1.82, 2.24) is 5.32 Å². The van der Waals surface area contributed by atoms with Crippen LogP contribution in [0.5, 0.6) is 0 Å². The fraction of sp³-hybridized carbons (Fsp3) is 0.350. The molecule has 0 radical (unpaired) electrons. The average molecular weight is 382 g/mol. The van der Waals surface area contributed by atoms with E-state index in [1.165, 1.54) is 11.3 Å². The van der Waals surface area contributed by atoms with Crippen molar-refractivity contribution in [3.8, 4) is 6.07 Å². The Kier molecular flexibility index (Phi) is 5.77. The summed E-state index contributed by atoms with van der Waals surface area (Å²) in [5.74, 6) is -0.246. The molecule has 2 amide bonds. The van der Waals surface area contributed by atoms with Crippen LogP contribution < -0.4 is 15.5 Å². The zero-order valence-electron chi connectivity index (χ0n) is 15.4. The van der Waals surface area contributed by atoms with Crippen LogP contribution in [0, 0.1) is 11.3 Å². The SMILES string of the molecule is CC(C)NC(=O)c1cccc2c1CCCN2CC(=O)Nc1sccc1C#N. The third-order valence-corrected chi connectivity index (χ3v) is 5.21. The number of thiophene rings is 1. The highest BCUT2D eigenvalue weighted by Gasteiger charge is 2.24. The van der Waals surface area contributed by atoms with Gasteiger partial charge in [0.15, 0.2) is 0 Å². The van der Waals surface area contributed by atoms with Gasteiger partial charge < -0.3 is 15.5 Å². The first-order chi connectivity index (χ1) is 13.0. The molecule has 1 aliphatic rings. The van der Waals surface area contributed by atoms with Gasteiger partial charge in [0.05, 0.1) is 12.1 Å². The maximum Gasteiger partial charge on any atom is 0.251 e. The van der Waals surface area contributed by atoms with E-state index in [-0.39, 0.29) is 24.4 Å². The Morgan fingerprint density at radius 3 is 2.89 bits per heavy atom. The van der Waals surface area contributed by atoms with Crippen LogP contribution >= 0.6 is 11.3 Å². The maximum absolute atomic E-state index is 12.5. The van der Waals surface area contributed by atoms with Gasteiger partial charge in [-0.25, -0.2) is 0 Å². The molecule has 3 rings (SSSR count). The van der Waals surface area contributed by atoms with E-state index >= 15 is 0 Å². The molecule has 7 heteroatoms. The van der Waals surface area contributed by atoms with Crippen molar-refractivity contribution in [2.24, 2.45) is 0 Å². The highest BCUT2D eigenvalue weighted by Crippen LogP contribution is 2.30.